The van der Waals surface area contributed by atoms with Crippen molar-refractivity contribution >= 4 is 0 Å². The van der Waals surface area contributed by atoms with Gasteiger partial charge in [-0.25, -0.2) is 4.98 Å². The van der Waals surface area contributed by atoms with Crippen LogP contribution in [-0.2, 0) is 6.54 Å². The maximum atomic E-state index is 4.41. The Kier molecular flexibility index (Phi) is 2.83. The normalized spacial score (nSPS) is 20.8. The van der Waals surface area contributed by atoms with Gasteiger partial charge in [0.2, 0.25) is 0 Å². The van der Waals surface area contributed by atoms with E-state index in [4.69, 9.17) is 0 Å². The maximum absolute atomic E-state index is 4.41. The first kappa shape index (κ1) is 10.4. The van der Waals surface area contributed by atoms with Crippen LogP contribution in [0.5, 0.6) is 0 Å². The predicted molar refractivity (Wildman–Crippen MR) is 63.0 cm³/mol. The van der Waals surface area contributed by atoms with E-state index < -0.39 is 0 Å². The van der Waals surface area contributed by atoms with E-state index in [0.29, 0.717) is 6.04 Å². The summed E-state index contributed by atoms with van der Waals surface area (Å²) in [7, 11) is 0. The molecule has 3 rings (SSSR count). The summed E-state index contributed by atoms with van der Waals surface area (Å²) < 4.78 is 0. The summed E-state index contributed by atoms with van der Waals surface area (Å²) in [5, 5.41) is 0. The van der Waals surface area contributed by atoms with Gasteiger partial charge in [0, 0.05) is 37.0 Å². The first-order valence-electron chi connectivity index (χ1n) is 5.91. The molecule has 0 aromatic carbocycles. The molecule has 0 saturated carbocycles. The van der Waals surface area contributed by atoms with Gasteiger partial charge in [0.15, 0.2) is 0 Å². The smallest absolute Gasteiger partial charge is 0.0922 e. The van der Waals surface area contributed by atoms with Gasteiger partial charge in [-0.3, -0.25) is 14.9 Å². The lowest BCUT2D eigenvalue weighted by Crippen LogP contribution is -2.23. The molecule has 0 spiro atoms. The molecule has 1 saturated heterocycles. The van der Waals surface area contributed by atoms with Crippen LogP contribution in [0.3, 0.4) is 0 Å². The molecule has 17 heavy (non-hydrogen) atoms. The number of hydrogen-bond donors (Lipinski definition) is 1. The van der Waals surface area contributed by atoms with Gasteiger partial charge in [-0.1, -0.05) is 0 Å². The molecular weight excluding hydrogens is 214 g/mol. The van der Waals surface area contributed by atoms with Gasteiger partial charge in [-0.15, -0.1) is 0 Å². The van der Waals surface area contributed by atoms with Crippen LogP contribution in [0.25, 0.3) is 0 Å². The molecule has 0 bridgehead atoms. The van der Waals surface area contributed by atoms with Crippen molar-refractivity contribution in [1.29, 1.82) is 0 Å². The minimum absolute atomic E-state index is 0.395. The minimum atomic E-state index is 0.395. The highest BCUT2D eigenvalue weighted by atomic mass is 15.2. The second kappa shape index (κ2) is 4.63. The van der Waals surface area contributed by atoms with Crippen molar-refractivity contribution in [3.8, 4) is 0 Å². The lowest BCUT2D eigenvalue weighted by atomic mass is 10.1. The van der Waals surface area contributed by atoms with Gasteiger partial charge >= 0.3 is 0 Å². The van der Waals surface area contributed by atoms with Crippen molar-refractivity contribution in [3.63, 3.8) is 0 Å². The number of aromatic nitrogens is 4. The zero-order valence-electron chi connectivity index (χ0n) is 9.58. The third-order valence-electron chi connectivity index (χ3n) is 3.22. The summed E-state index contributed by atoms with van der Waals surface area (Å²) in [5.74, 6) is 0. The number of nitrogens with one attached hydrogen (secondary N) is 1. The van der Waals surface area contributed by atoms with E-state index in [1.807, 2.05) is 12.4 Å². The second-order valence-electron chi connectivity index (χ2n) is 4.34. The molecule has 0 radical (unpaired) electrons. The van der Waals surface area contributed by atoms with Crippen LogP contribution in [0.1, 0.15) is 30.3 Å². The standard InChI is InChI=1S/C12H15N5/c1-2-12(11-7-13-3-4-15-11)17(5-1)8-10-6-14-9-16-10/h3-4,6-7,9,12H,1-2,5,8H2,(H,14,16). The molecule has 88 valence electrons. The Morgan fingerprint density at radius 2 is 2.29 bits per heavy atom. The molecule has 2 aromatic heterocycles. The van der Waals surface area contributed by atoms with E-state index in [1.54, 1.807) is 18.7 Å². The van der Waals surface area contributed by atoms with Gasteiger partial charge in [0.1, 0.15) is 0 Å². The largest absolute Gasteiger partial charge is 0.347 e. The van der Waals surface area contributed by atoms with Gasteiger partial charge < -0.3 is 4.98 Å². The minimum Gasteiger partial charge on any atom is -0.347 e. The SMILES string of the molecule is c1cnc(C2CCCN2Cc2cnc[nH]2)cn1. The number of nitrogens with zero attached hydrogens (tertiary/aromatic N) is 4. The number of imidazole rings is 1. The van der Waals surface area contributed by atoms with Crippen molar-refractivity contribution in [3.05, 3.63) is 42.5 Å². The molecule has 1 N–H and O–H groups in total. The highest BCUT2D eigenvalue weighted by Crippen LogP contribution is 2.31. The van der Waals surface area contributed by atoms with E-state index >= 15 is 0 Å². The summed E-state index contributed by atoms with van der Waals surface area (Å²) in [6.45, 7) is 2.02. The first-order valence-corrected chi connectivity index (χ1v) is 5.91. The van der Waals surface area contributed by atoms with Crippen molar-refractivity contribution in [1.82, 2.24) is 24.8 Å². The highest BCUT2D eigenvalue weighted by molar-refractivity contribution is 5.06. The molecule has 5 heteroatoms. The number of likely N-dealkylation sites (tertiary alicyclic amines) is 1. The maximum Gasteiger partial charge on any atom is 0.0922 e. The van der Waals surface area contributed by atoms with Gasteiger partial charge in [0.05, 0.1) is 18.1 Å². The van der Waals surface area contributed by atoms with Crippen LogP contribution in [0.4, 0.5) is 0 Å². The van der Waals surface area contributed by atoms with Crippen molar-refractivity contribution in [2.45, 2.75) is 25.4 Å². The lowest BCUT2D eigenvalue weighted by molar-refractivity contribution is 0.241. The molecular formula is C12H15N5. The number of aromatic amines is 1. The first-order chi connectivity index (χ1) is 8.43. The molecule has 0 amide bonds. The van der Waals surface area contributed by atoms with Gasteiger partial charge in [-0.2, -0.15) is 0 Å². The van der Waals surface area contributed by atoms with E-state index in [0.717, 1.165) is 30.9 Å². The fraction of sp³-hybridized carbons (Fsp3) is 0.417. The van der Waals surface area contributed by atoms with Crippen LogP contribution in [0.15, 0.2) is 31.1 Å². The summed E-state index contributed by atoms with van der Waals surface area (Å²) in [6, 6.07) is 0.395. The Hall–Kier alpha value is -1.75. The van der Waals surface area contributed by atoms with Crippen LogP contribution >= 0.6 is 0 Å². The van der Waals surface area contributed by atoms with Crippen LogP contribution in [0, 0.1) is 0 Å². The zero-order chi connectivity index (χ0) is 11.5. The molecule has 5 nitrogen and oxygen atoms in total. The topological polar surface area (TPSA) is 57.7 Å². The Morgan fingerprint density at radius 1 is 1.29 bits per heavy atom. The average Bonchev–Trinajstić information content (AvgIpc) is 3.02. The van der Waals surface area contributed by atoms with E-state index in [2.05, 4.69) is 24.8 Å². The number of H-pyrrole nitrogens is 1. The summed E-state index contributed by atoms with van der Waals surface area (Å²) in [4.78, 5) is 18.2. The molecule has 1 aliphatic heterocycles. The summed E-state index contributed by atoms with van der Waals surface area (Å²) in [5.41, 5.74) is 2.23. The predicted octanol–water partition coefficient (Wildman–Crippen LogP) is 1.54. The quantitative estimate of drug-likeness (QED) is 0.867. The third-order valence-corrected chi connectivity index (χ3v) is 3.22. The Bertz CT molecular complexity index is 453. The number of rotatable bonds is 3. The van der Waals surface area contributed by atoms with E-state index in [-0.39, 0.29) is 0 Å². The molecule has 1 fully saturated rings. The van der Waals surface area contributed by atoms with Crippen LogP contribution in [0.2, 0.25) is 0 Å². The van der Waals surface area contributed by atoms with Crippen LogP contribution < -0.4 is 0 Å². The Morgan fingerprint density at radius 3 is 3.06 bits per heavy atom. The molecule has 0 aliphatic carbocycles. The zero-order valence-corrected chi connectivity index (χ0v) is 9.58. The fourth-order valence-corrected chi connectivity index (χ4v) is 2.42. The molecule has 1 unspecified atom stereocenters. The van der Waals surface area contributed by atoms with Crippen molar-refractivity contribution in [2.75, 3.05) is 6.54 Å². The van der Waals surface area contributed by atoms with Crippen molar-refractivity contribution in [2.24, 2.45) is 0 Å². The summed E-state index contributed by atoms with van der Waals surface area (Å²) >= 11 is 0. The van der Waals surface area contributed by atoms with Gasteiger partial charge in [-0.05, 0) is 19.4 Å². The summed E-state index contributed by atoms with van der Waals surface area (Å²) in [6.07, 6.45) is 11.3. The van der Waals surface area contributed by atoms with E-state index in [9.17, 15) is 0 Å². The lowest BCUT2D eigenvalue weighted by Gasteiger charge is -2.22. The molecule has 2 aromatic rings. The molecule has 1 aliphatic rings. The monoisotopic (exact) mass is 229 g/mol. The average molecular weight is 229 g/mol. The van der Waals surface area contributed by atoms with Crippen molar-refractivity contribution < 1.29 is 0 Å². The Balaban J connectivity index is 1.76. The van der Waals surface area contributed by atoms with Crippen LogP contribution in [-0.4, -0.2) is 31.4 Å². The van der Waals surface area contributed by atoms with Gasteiger partial charge in [0.25, 0.3) is 0 Å². The Labute approximate surface area is 99.9 Å². The highest BCUT2D eigenvalue weighted by Gasteiger charge is 2.27. The molecule has 3 heterocycles. The molecule has 1 atom stereocenters. The fourth-order valence-electron chi connectivity index (χ4n) is 2.42. The number of hydrogen-bond acceptors (Lipinski definition) is 4. The second-order valence-corrected chi connectivity index (χ2v) is 4.34. The third kappa shape index (κ3) is 2.19. The van der Waals surface area contributed by atoms with E-state index in [1.165, 1.54) is 6.42 Å².